The largest absolute Gasteiger partial charge is 0.389 e. The normalized spacial score (nSPS) is 10.7. The maximum atomic E-state index is 5.63. The third kappa shape index (κ3) is 5.47. The minimum absolute atomic E-state index is 0.417. The van der Waals surface area contributed by atoms with Crippen LogP contribution in [0.5, 0.6) is 0 Å². The standard InChI is InChI=1S/C14H22BrN3S/c1-3-18(4-2)9-5-8-17-11-6-7-12(14(16)19)13(15)10-11/h6-7,10,17H,3-5,8-9H2,1-2H3,(H2,16,19). The molecule has 0 heterocycles. The molecule has 0 saturated carbocycles. The highest BCUT2D eigenvalue weighted by Gasteiger charge is 2.04. The summed E-state index contributed by atoms with van der Waals surface area (Å²) >= 11 is 8.46. The van der Waals surface area contributed by atoms with Gasteiger partial charge in [-0.2, -0.15) is 0 Å². The van der Waals surface area contributed by atoms with Gasteiger partial charge in [0, 0.05) is 22.3 Å². The Morgan fingerprint density at radius 1 is 1.37 bits per heavy atom. The molecule has 1 aromatic rings. The second kappa shape index (κ2) is 8.51. The third-order valence-corrected chi connectivity index (χ3v) is 3.99. The number of rotatable bonds is 8. The summed E-state index contributed by atoms with van der Waals surface area (Å²) in [4.78, 5) is 2.84. The van der Waals surface area contributed by atoms with E-state index in [1.807, 2.05) is 18.2 Å². The summed E-state index contributed by atoms with van der Waals surface area (Å²) in [5.74, 6) is 0. The fourth-order valence-electron chi connectivity index (χ4n) is 1.90. The second-order valence-electron chi connectivity index (χ2n) is 4.37. The molecule has 3 nitrogen and oxygen atoms in total. The topological polar surface area (TPSA) is 41.3 Å². The highest BCUT2D eigenvalue weighted by molar-refractivity contribution is 9.10. The lowest BCUT2D eigenvalue weighted by atomic mass is 10.2. The predicted octanol–water partition coefficient (Wildman–Crippen LogP) is 3.23. The van der Waals surface area contributed by atoms with Crippen LogP contribution < -0.4 is 11.1 Å². The van der Waals surface area contributed by atoms with Gasteiger partial charge in [-0.15, -0.1) is 0 Å². The molecule has 1 rings (SSSR count). The van der Waals surface area contributed by atoms with Crippen LogP contribution in [0.2, 0.25) is 0 Å². The first-order valence-electron chi connectivity index (χ1n) is 6.64. The number of thiocarbonyl (C=S) groups is 1. The molecule has 0 aliphatic rings. The highest BCUT2D eigenvalue weighted by Crippen LogP contribution is 2.21. The Labute approximate surface area is 129 Å². The summed E-state index contributed by atoms with van der Waals surface area (Å²) in [6.07, 6.45) is 1.14. The SMILES string of the molecule is CCN(CC)CCCNc1ccc(C(N)=S)c(Br)c1. The average Bonchev–Trinajstić information content (AvgIpc) is 2.38. The van der Waals surface area contributed by atoms with E-state index in [1.54, 1.807) is 0 Å². The third-order valence-electron chi connectivity index (χ3n) is 3.11. The zero-order valence-electron chi connectivity index (χ0n) is 11.6. The molecule has 19 heavy (non-hydrogen) atoms. The molecule has 0 atom stereocenters. The van der Waals surface area contributed by atoms with Crippen LogP contribution in [0.15, 0.2) is 22.7 Å². The minimum atomic E-state index is 0.417. The van der Waals surface area contributed by atoms with Crippen molar-refractivity contribution in [3.63, 3.8) is 0 Å². The molecular weight excluding hydrogens is 322 g/mol. The Balaban J connectivity index is 2.42. The predicted molar refractivity (Wildman–Crippen MR) is 90.9 cm³/mol. The van der Waals surface area contributed by atoms with E-state index >= 15 is 0 Å². The van der Waals surface area contributed by atoms with Gasteiger partial charge in [-0.1, -0.05) is 26.1 Å². The lowest BCUT2D eigenvalue weighted by molar-refractivity contribution is 0.303. The van der Waals surface area contributed by atoms with Crippen LogP contribution in [0.4, 0.5) is 5.69 Å². The van der Waals surface area contributed by atoms with E-state index in [2.05, 4.69) is 40.0 Å². The van der Waals surface area contributed by atoms with Crippen LogP contribution in [0.3, 0.4) is 0 Å². The van der Waals surface area contributed by atoms with Gasteiger partial charge in [-0.3, -0.25) is 0 Å². The van der Waals surface area contributed by atoms with Crippen molar-refractivity contribution in [3.8, 4) is 0 Å². The number of hydrogen-bond acceptors (Lipinski definition) is 3. The number of hydrogen-bond donors (Lipinski definition) is 2. The summed E-state index contributed by atoms with van der Waals surface area (Å²) in [5.41, 5.74) is 7.59. The Kier molecular flexibility index (Phi) is 7.34. The molecule has 0 aromatic heterocycles. The van der Waals surface area contributed by atoms with Gasteiger partial charge in [0.2, 0.25) is 0 Å². The van der Waals surface area contributed by atoms with E-state index in [4.69, 9.17) is 18.0 Å². The molecule has 0 unspecified atom stereocenters. The van der Waals surface area contributed by atoms with Crippen molar-refractivity contribution in [3.05, 3.63) is 28.2 Å². The van der Waals surface area contributed by atoms with Gasteiger partial charge in [0.05, 0.1) is 0 Å². The zero-order valence-corrected chi connectivity index (χ0v) is 14.0. The van der Waals surface area contributed by atoms with E-state index < -0.39 is 0 Å². The van der Waals surface area contributed by atoms with Gasteiger partial charge in [-0.25, -0.2) is 0 Å². The van der Waals surface area contributed by atoms with Gasteiger partial charge in [0.25, 0.3) is 0 Å². The first-order valence-corrected chi connectivity index (χ1v) is 7.84. The number of nitrogens with zero attached hydrogens (tertiary/aromatic N) is 1. The van der Waals surface area contributed by atoms with Crippen LogP contribution in [-0.4, -0.2) is 36.1 Å². The lowest BCUT2D eigenvalue weighted by Crippen LogP contribution is -2.25. The molecule has 0 spiro atoms. The fourth-order valence-corrected chi connectivity index (χ4v) is 2.80. The van der Waals surface area contributed by atoms with Crippen molar-refractivity contribution in [2.75, 3.05) is 31.5 Å². The van der Waals surface area contributed by atoms with Crippen molar-refractivity contribution >= 4 is 38.8 Å². The molecule has 0 amide bonds. The second-order valence-corrected chi connectivity index (χ2v) is 5.66. The van der Waals surface area contributed by atoms with Crippen LogP contribution in [0.25, 0.3) is 0 Å². The Bertz CT molecular complexity index is 419. The molecule has 0 aliphatic carbocycles. The molecule has 5 heteroatoms. The first kappa shape index (κ1) is 16.4. The summed E-state index contributed by atoms with van der Waals surface area (Å²) in [6, 6.07) is 5.97. The minimum Gasteiger partial charge on any atom is -0.389 e. The van der Waals surface area contributed by atoms with E-state index in [1.165, 1.54) is 0 Å². The van der Waals surface area contributed by atoms with Crippen LogP contribution in [0.1, 0.15) is 25.8 Å². The Morgan fingerprint density at radius 2 is 2.05 bits per heavy atom. The fraction of sp³-hybridized carbons (Fsp3) is 0.500. The summed E-state index contributed by atoms with van der Waals surface area (Å²) < 4.78 is 0.939. The van der Waals surface area contributed by atoms with Gasteiger partial charge in [0.15, 0.2) is 0 Å². The van der Waals surface area contributed by atoms with Crippen LogP contribution in [-0.2, 0) is 0 Å². The van der Waals surface area contributed by atoms with E-state index in [9.17, 15) is 0 Å². The van der Waals surface area contributed by atoms with Crippen molar-refractivity contribution in [1.82, 2.24) is 4.90 Å². The first-order chi connectivity index (χ1) is 9.08. The number of anilines is 1. The van der Waals surface area contributed by atoms with E-state index in [0.29, 0.717) is 4.99 Å². The van der Waals surface area contributed by atoms with Gasteiger partial charge < -0.3 is 16.0 Å². The maximum absolute atomic E-state index is 5.63. The van der Waals surface area contributed by atoms with Crippen molar-refractivity contribution in [1.29, 1.82) is 0 Å². The Morgan fingerprint density at radius 3 is 2.58 bits per heavy atom. The summed E-state index contributed by atoms with van der Waals surface area (Å²) in [7, 11) is 0. The molecule has 0 bridgehead atoms. The average molecular weight is 344 g/mol. The van der Waals surface area contributed by atoms with Crippen LogP contribution in [0, 0.1) is 0 Å². The monoisotopic (exact) mass is 343 g/mol. The lowest BCUT2D eigenvalue weighted by Gasteiger charge is -2.18. The number of benzene rings is 1. The van der Waals surface area contributed by atoms with Gasteiger partial charge in [0.1, 0.15) is 4.99 Å². The smallest absolute Gasteiger partial charge is 0.105 e. The molecule has 0 radical (unpaired) electrons. The number of nitrogens with two attached hydrogens (primary N) is 1. The number of nitrogens with one attached hydrogen (secondary N) is 1. The molecule has 0 aliphatic heterocycles. The highest BCUT2D eigenvalue weighted by atomic mass is 79.9. The number of halogens is 1. The van der Waals surface area contributed by atoms with Gasteiger partial charge >= 0.3 is 0 Å². The van der Waals surface area contributed by atoms with E-state index in [0.717, 1.165) is 48.3 Å². The molecular formula is C14H22BrN3S. The quantitative estimate of drug-likeness (QED) is 0.561. The summed E-state index contributed by atoms with van der Waals surface area (Å²) in [5, 5.41) is 3.41. The Hall–Kier alpha value is -0.650. The molecule has 1 aromatic carbocycles. The van der Waals surface area contributed by atoms with E-state index in [-0.39, 0.29) is 0 Å². The maximum Gasteiger partial charge on any atom is 0.105 e. The molecule has 3 N–H and O–H groups in total. The van der Waals surface area contributed by atoms with Crippen LogP contribution >= 0.6 is 28.1 Å². The molecule has 0 fully saturated rings. The van der Waals surface area contributed by atoms with Crippen molar-refractivity contribution in [2.45, 2.75) is 20.3 Å². The molecule has 0 saturated heterocycles. The van der Waals surface area contributed by atoms with Gasteiger partial charge in [-0.05, 0) is 60.2 Å². The molecule has 106 valence electrons. The summed E-state index contributed by atoms with van der Waals surface area (Å²) in [6.45, 7) is 8.72. The zero-order chi connectivity index (χ0) is 14.3. The van der Waals surface area contributed by atoms with Crippen molar-refractivity contribution < 1.29 is 0 Å². The van der Waals surface area contributed by atoms with Crippen molar-refractivity contribution in [2.24, 2.45) is 5.73 Å².